The molecule has 0 fully saturated rings. The topological polar surface area (TPSA) is 54.6 Å². The Morgan fingerprint density at radius 1 is 1.21 bits per heavy atom. The first-order chi connectivity index (χ1) is 11.4. The Labute approximate surface area is 144 Å². The van der Waals surface area contributed by atoms with Crippen molar-refractivity contribution in [2.75, 3.05) is 0 Å². The van der Waals surface area contributed by atoms with Crippen LogP contribution in [0.25, 0.3) is 0 Å². The molecular weight excluding hydrogens is 299 g/mol. The minimum atomic E-state index is -0.0895. The molecule has 1 atom stereocenters. The van der Waals surface area contributed by atoms with E-state index in [4.69, 9.17) is 7.85 Å². The summed E-state index contributed by atoms with van der Waals surface area (Å²) >= 11 is 0. The van der Waals surface area contributed by atoms with Crippen LogP contribution in [0, 0.1) is 5.92 Å². The Kier molecular flexibility index (Phi) is 6.01. The van der Waals surface area contributed by atoms with Gasteiger partial charge in [-0.25, -0.2) is 0 Å². The predicted molar refractivity (Wildman–Crippen MR) is 98.6 cm³/mol. The van der Waals surface area contributed by atoms with E-state index in [9.17, 15) is 10.0 Å². The Balaban J connectivity index is 2.30. The second-order valence-electron chi connectivity index (χ2n) is 6.61. The number of pyridine rings is 1. The molecule has 2 aromatic rings. The number of hydrogen-bond donors (Lipinski definition) is 1. The summed E-state index contributed by atoms with van der Waals surface area (Å²) in [7, 11) is 7.47. The highest BCUT2D eigenvalue weighted by Gasteiger charge is 2.18. The van der Waals surface area contributed by atoms with Crippen LogP contribution in [0.2, 0.25) is 0 Å². The summed E-state index contributed by atoms with van der Waals surface area (Å²) < 4.78 is 1.49. The van der Waals surface area contributed by atoms with Crippen LogP contribution in [-0.4, -0.2) is 23.3 Å². The zero-order valence-corrected chi connectivity index (χ0v) is 14.4. The van der Waals surface area contributed by atoms with Gasteiger partial charge in [-0.3, -0.25) is 4.79 Å². The summed E-state index contributed by atoms with van der Waals surface area (Å²) in [6.07, 6.45) is 3.26. The molecule has 2 radical (unpaired) electrons. The summed E-state index contributed by atoms with van der Waals surface area (Å²) in [5.41, 5.74) is 3.14. The van der Waals surface area contributed by atoms with Gasteiger partial charge in [0.2, 0.25) is 5.56 Å². The highest BCUT2D eigenvalue weighted by molar-refractivity contribution is 6.32. The number of aromatic nitrogens is 1. The molecule has 0 aliphatic heterocycles. The van der Waals surface area contributed by atoms with Gasteiger partial charge in [0, 0.05) is 31.3 Å². The van der Waals surface area contributed by atoms with Crippen LogP contribution in [-0.2, 0) is 7.05 Å². The molecule has 0 saturated heterocycles. The number of hydrogen-bond acceptors (Lipinski definition) is 3. The van der Waals surface area contributed by atoms with Crippen molar-refractivity contribution in [2.45, 2.75) is 32.6 Å². The van der Waals surface area contributed by atoms with Crippen LogP contribution >= 0.6 is 0 Å². The molecule has 0 aliphatic carbocycles. The molecule has 2 rings (SSSR count). The summed E-state index contributed by atoms with van der Waals surface area (Å²) in [6, 6.07) is 11.0. The zero-order chi connectivity index (χ0) is 17.7. The lowest BCUT2D eigenvalue weighted by molar-refractivity contribution is 0.317. The quantitative estimate of drug-likeness (QED) is 0.385. The molecule has 4 nitrogen and oxygen atoms in total. The Bertz CT molecular complexity index is 764. The van der Waals surface area contributed by atoms with Gasteiger partial charge in [-0.1, -0.05) is 48.7 Å². The van der Waals surface area contributed by atoms with Gasteiger partial charge in [-0.2, -0.15) is 0 Å². The molecule has 1 aromatic heterocycles. The summed E-state index contributed by atoms with van der Waals surface area (Å²) in [5, 5.41) is 13.0. The molecule has 1 heterocycles. The normalized spacial score (nSPS) is 13.2. The lowest BCUT2D eigenvalue weighted by atomic mass is 9.83. The van der Waals surface area contributed by atoms with E-state index in [0.717, 1.165) is 17.4 Å². The van der Waals surface area contributed by atoms with Crippen molar-refractivity contribution >= 4 is 19.0 Å². The molecule has 0 saturated carbocycles. The van der Waals surface area contributed by atoms with Crippen LogP contribution in [0.4, 0.5) is 0 Å². The van der Waals surface area contributed by atoms with E-state index in [1.165, 1.54) is 16.2 Å². The van der Waals surface area contributed by atoms with Gasteiger partial charge < -0.3 is 9.77 Å². The number of rotatable bonds is 6. The lowest BCUT2D eigenvalue weighted by Gasteiger charge is -2.20. The fourth-order valence-corrected chi connectivity index (χ4v) is 2.89. The van der Waals surface area contributed by atoms with Crippen LogP contribution in [0.3, 0.4) is 0 Å². The van der Waals surface area contributed by atoms with Gasteiger partial charge in [0.25, 0.3) is 0 Å². The van der Waals surface area contributed by atoms with Gasteiger partial charge >= 0.3 is 0 Å². The van der Waals surface area contributed by atoms with E-state index in [1.807, 2.05) is 24.3 Å². The molecule has 1 aromatic carbocycles. The number of nitrogens with zero attached hydrogens (tertiary/aromatic N) is 2. The summed E-state index contributed by atoms with van der Waals surface area (Å²) in [6.45, 7) is 4.35. The molecular formula is C19H23BN2O2. The second-order valence-corrected chi connectivity index (χ2v) is 6.61. The van der Waals surface area contributed by atoms with E-state index >= 15 is 0 Å². The minimum Gasteiger partial charge on any atom is -0.411 e. The average Bonchev–Trinajstić information content (AvgIpc) is 2.54. The largest absolute Gasteiger partial charge is 0.411 e. The zero-order valence-electron chi connectivity index (χ0n) is 14.4. The van der Waals surface area contributed by atoms with Crippen LogP contribution in [0.5, 0.6) is 0 Å². The van der Waals surface area contributed by atoms with Crippen molar-refractivity contribution in [3.63, 3.8) is 0 Å². The van der Waals surface area contributed by atoms with E-state index in [0.29, 0.717) is 18.1 Å². The van der Waals surface area contributed by atoms with Gasteiger partial charge in [-0.15, -0.1) is 0 Å². The third-order valence-electron chi connectivity index (χ3n) is 4.14. The third-order valence-corrected chi connectivity index (χ3v) is 4.14. The Morgan fingerprint density at radius 3 is 2.42 bits per heavy atom. The molecule has 0 aliphatic rings. The SMILES string of the molecule is [B]c1ccc(C(C/C(=N\O)c2ccc(=O)n(C)c2)CC(C)C)cc1. The van der Waals surface area contributed by atoms with Crippen LogP contribution in [0.15, 0.2) is 52.5 Å². The first-order valence-corrected chi connectivity index (χ1v) is 8.14. The molecule has 0 spiro atoms. The number of aryl methyl sites for hydroxylation is 1. The van der Waals surface area contributed by atoms with Crippen molar-refractivity contribution in [3.05, 3.63) is 64.1 Å². The first-order valence-electron chi connectivity index (χ1n) is 8.14. The van der Waals surface area contributed by atoms with Crippen molar-refractivity contribution in [3.8, 4) is 0 Å². The summed E-state index contributed by atoms with van der Waals surface area (Å²) in [5.74, 6) is 0.723. The fraction of sp³-hybridized carbons (Fsp3) is 0.368. The van der Waals surface area contributed by atoms with Gasteiger partial charge in [0.05, 0.1) is 5.71 Å². The molecule has 24 heavy (non-hydrogen) atoms. The lowest BCUT2D eigenvalue weighted by Crippen LogP contribution is -2.18. The number of benzene rings is 1. The average molecular weight is 322 g/mol. The monoisotopic (exact) mass is 322 g/mol. The minimum absolute atomic E-state index is 0.0895. The van der Waals surface area contributed by atoms with Crippen molar-refractivity contribution in [1.82, 2.24) is 4.57 Å². The van der Waals surface area contributed by atoms with Crippen LogP contribution < -0.4 is 11.0 Å². The maximum absolute atomic E-state index is 11.6. The molecule has 1 unspecified atom stereocenters. The Hall–Kier alpha value is -2.30. The predicted octanol–water partition coefficient (Wildman–Crippen LogP) is 2.58. The highest BCUT2D eigenvalue weighted by Crippen LogP contribution is 2.28. The first kappa shape index (κ1) is 18.0. The highest BCUT2D eigenvalue weighted by atomic mass is 16.4. The van der Waals surface area contributed by atoms with E-state index in [1.54, 1.807) is 19.3 Å². The van der Waals surface area contributed by atoms with Gasteiger partial charge in [-0.05, 0) is 29.9 Å². The smallest absolute Gasteiger partial charge is 0.250 e. The van der Waals surface area contributed by atoms with E-state index < -0.39 is 0 Å². The maximum Gasteiger partial charge on any atom is 0.250 e. The molecule has 0 amide bonds. The van der Waals surface area contributed by atoms with E-state index in [2.05, 4.69) is 19.0 Å². The van der Waals surface area contributed by atoms with Gasteiger partial charge in [0.1, 0.15) is 7.85 Å². The molecule has 5 heteroatoms. The third kappa shape index (κ3) is 4.60. The fourth-order valence-electron chi connectivity index (χ4n) is 2.89. The van der Waals surface area contributed by atoms with E-state index in [-0.39, 0.29) is 11.5 Å². The van der Waals surface area contributed by atoms with Crippen molar-refractivity contribution in [2.24, 2.45) is 18.1 Å². The Morgan fingerprint density at radius 2 is 1.88 bits per heavy atom. The molecule has 1 N–H and O–H groups in total. The standard InChI is InChI=1S/C19H23BN2O2/c1-13(2)10-16(14-4-7-17(20)8-5-14)11-18(21-24)15-6-9-19(23)22(3)12-15/h4-9,12-13,16,24H,10-11H2,1-3H3/b21-18+. The maximum atomic E-state index is 11.6. The molecule has 0 bridgehead atoms. The molecule has 124 valence electrons. The second kappa shape index (κ2) is 8.00. The van der Waals surface area contributed by atoms with Crippen molar-refractivity contribution < 1.29 is 5.21 Å². The number of oxime groups is 1. The summed E-state index contributed by atoms with van der Waals surface area (Å²) in [4.78, 5) is 11.6. The van der Waals surface area contributed by atoms with Crippen LogP contribution in [0.1, 0.15) is 43.7 Å². The van der Waals surface area contributed by atoms with Gasteiger partial charge in [0.15, 0.2) is 0 Å². The van der Waals surface area contributed by atoms with Crippen molar-refractivity contribution in [1.29, 1.82) is 0 Å².